The summed E-state index contributed by atoms with van der Waals surface area (Å²) in [6.45, 7) is 7.31. The lowest BCUT2D eigenvalue weighted by atomic mass is 10.0. The van der Waals surface area contributed by atoms with E-state index in [1.165, 1.54) is 25.1 Å². The fraction of sp³-hybridized carbons (Fsp3) is 0.400. The molecular weight excluding hydrogens is 274 g/mol. The van der Waals surface area contributed by atoms with Crippen LogP contribution in [0.3, 0.4) is 0 Å². The van der Waals surface area contributed by atoms with Gasteiger partial charge in [-0.05, 0) is 24.6 Å². The molecule has 6 nitrogen and oxygen atoms in total. The number of amides is 1. The fourth-order valence-electron chi connectivity index (χ4n) is 1.73. The Balaban J connectivity index is 0.000000235. The van der Waals surface area contributed by atoms with Crippen LogP contribution in [0.25, 0.3) is 0 Å². The Kier molecular flexibility index (Phi) is 5.46. The second-order valence-electron chi connectivity index (χ2n) is 5.07. The van der Waals surface area contributed by atoms with Gasteiger partial charge in [-0.3, -0.25) is 4.79 Å². The van der Waals surface area contributed by atoms with Crippen LogP contribution in [0.15, 0.2) is 18.2 Å². The van der Waals surface area contributed by atoms with E-state index in [0.717, 1.165) is 13.1 Å². The molecule has 114 valence electrons. The molecule has 1 saturated heterocycles. The van der Waals surface area contributed by atoms with Gasteiger partial charge < -0.3 is 15.1 Å². The molecule has 6 heteroatoms. The van der Waals surface area contributed by atoms with Gasteiger partial charge in [-0.1, -0.05) is 19.9 Å². The van der Waals surface area contributed by atoms with E-state index in [-0.39, 0.29) is 22.6 Å². The van der Waals surface area contributed by atoms with Crippen molar-refractivity contribution in [3.63, 3.8) is 0 Å². The highest BCUT2D eigenvalue weighted by molar-refractivity contribution is 5.96. The minimum Gasteiger partial charge on any atom is -0.478 e. The van der Waals surface area contributed by atoms with Crippen LogP contribution in [0.4, 0.5) is 0 Å². The monoisotopic (exact) mass is 293 g/mol. The number of rotatable bonds is 3. The van der Waals surface area contributed by atoms with Gasteiger partial charge in [-0.15, -0.1) is 0 Å². The van der Waals surface area contributed by atoms with Gasteiger partial charge in [0.1, 0.15) is 0 Å². The summed E-state index contributed by atoms with van der Waals surface area (Å²) in [6.07, 6.45) is 0. The predicted molar refractivity (Wildman–Crippen MR) is 76.5 cm³/mol. The summed E-state index contributed by atoms with van der Waals surface area (Å²) in [6, 6.07) is 4.17. The maximum atomic E-state index is 10.8. The van der Waals surface area contributed by atoms with Crippen LogP contribution < -0.4 is 0 Å². The molecule has 1 aromatic carbocycles. The van der Waals surface area contributed by atoms with E-state index < -0.39 is 11.9 Å². The van der Waals surface area contributed by atoms with Gasteiger partial charge in [0.05, 0.1) is 11.1 Å². The van der Waals surface area contributed by atoms with Gasteiger partial charge >= 0.3 is 11.9 Å². The van der Waals surface area contributed by atoms with Crippen molar-refractivity contribution in [3.05, 3.63) is 34.9 Å². The Bertz CT molecular complexity index is 525. The molecular formula is C15H19NO5. The van der Waals surface area contributed by atoms with Gasteiger partial charge in [0.15, 0.2) is 0 Å². The van der Waals surface area contributed by atoms with E-state index in [0.29, 0.717) is 5.91 Å². The minimum absolute atomic E-state index is 0.0277. The summed E-state index contributed by atoms with van der Waals surface area (Å²) < 4.78 is 0. The molecule has 2 rings (SSSR count). The molecule has 1 amide bonds. The normalized spacial score (nSPS) is 12.5. The highest BCUT2D eigenvalue weighted by atomic mass is 16.4. The van der Waals surface area contributed by atoms with E-state index in [1.54, 1.807) is 0 Å². The van der Waals surface area contributed by atoms with Crippen molar-refractivity contribution in [2.75, 3.05) is 13.1 Å². The van der Waals surface area contributed by atoms with Gasteiger partial charge in [0.25, 0.3) is 0 Å². The lowest BCUT2D eigenvalue weighted by molar-refractivity contribution is -0.128. The lowest BCUT2D eigenvalue weighted by Crippen LogP contribution is -2.16. The summed E-state index contributed by atoms with van der Waals surface area (Å²) in [7, 11) is 0. The number of aromatic carboxylic acids is 2. The maximum Gasteiger partial charge on any atom is 0.335 e. The van der Waals surface area contributed by atoms with E-state index in [9.17, 15) is 14.4 Å². The number of hydrogen-bond donors (Lipinski definition) is 2. The van der Waals surface area contributed by atoms with Gasteiger partial charge in [0.2, 0.25) is 5.91 Å². The van der Waals surface area contributed by atoms with Crippen molar-refractivity contribution in [3.8, 4) is 0 Å². The molecule has 1 aliphatic rings. The van der Waals surface area contributed by atoms with Crippen molar-refractivity contribution in [2.24, 2.45) is 5.92 Å². The van der Waals surface area contributed by atoms with Crippen LogP contribution in [0.1, 0.15) is 40.1 Å². The number of benzene rings is 1. The Morgan fingerprint density at radius 3 is 1.71 bits per heavy atom. The first-order valence-electron chi connectivity index (χ1n) is 6.60. The molecule has 0 aliphatic carbocycles. The molecule has 0 spiro atoms. The molecule has 0 radical (unpaired) electrons. The number of hydrogen-bond acceptors (Lipinski definition) is 3. The number of carboxylic acid groups (broad SMARTS) is 2. The largest absolute Gasteiger partial charge is 0.478 e. The fourth-order valence-corrected chi connectivity index (χ4v) is 1.73. The third-order valence-corrected chi connectivity index (χ3v) is 3.05. The van der Waals surface area contributed by atoms with Crippen LogP contribution in [-0.2, 0) is 4.79 Å². The quantitative estimate of drug-likeness (QED) is 0.830. The highest BCUT2D eigenvalue weighted by Crippen LogP contribution is 2.13. The molecule has 0 atom stereocenters. The van der Waals surface area contributed by atoms with Crippen molar-refractivity contribution in [1.82, 2.24) is 4.90 Å². The zero-order chi connectivity index (χ0) is 16.2. The summed E-state index contributed by atoms with van der Waals surface area (Å²) in [5.74, 6) is -1.73. The first-order valence-corrected chi connectivity index (χ1v) is 6.60. The van der Waals surface area contributed by atoms with Crippen LogP contribution in [0.2, 0.25) is 0 Å². The standard InChI is InChI=1S/C9H8O4.C6H11NO/c1-5-6(8(10)11)3-2-4-7(5)9(12)13;1-5(2)6(8)7-3-4-7/h2-4H,1H3,(H,10,11)(H,12,13);5H,3-4H2,1-2H3. The summed E-state index contributed by atoms with van der Waals surface area (Å²) in [4.78, 5) is 33.9. The Morgan fingerprint density at radius 2 is 1.48 bits per heavy atom. The second-order valence-corrected chi connectivity index (χ2v) is 5.07. The zero-order valence-corrected chi connectivity index (χ0v) is 12.3. The topological polar surface area (TPSA) is 94.7 Å². The molecule has 1 aromatic rings. The van der Waals surface area contributed by atoms with Crippen molar-refractivity contribution >= 4 is 17.8 Å². The summed E-state index contributed by atoms with van der Waals surface area (Å²) in [5.41, 5.74) is 0.335. The third-order valence-electron chi connectivity index (χ3n) is 3.05. The molecule has 1 heterocycles. The number of carbonyl (C=O) groups is 3. The van der Waals surface area contributed by atoms with Gasteiger partial charge in [0, 0.05) is 19.0 Å². The molecule has 0 aromatic heterocycles. The Hall–Kier alpha value is -2.37. The minimum atomic E-state index is -1.11. The van der Waals surface area contributed by atoms with Crippen LogP contribution in [0, 0.1) is 12.8 Å². The average Bonchev–Trinajstić information content (AvgIpc) is 3.22. The highest BCUT2D eigenvalue weighted by Gasteiger charge is 2.25. The van der Waals surface area contributed by atoms with E-state index in [4.69, 9.17) is 10.2 Å². The van der Waals surface area contributed by atoms with E-state index >= 15 is 0 Å². The van der Waals surface area contributed by atoms with E-state index in [1.807, 2.05) is 18.7 Å². The first-order chi connectivity index (χ1) is 9.75. The Morgan fingerprint density at radius 1 is 1.05 bits per heavy atom. The SMILES string of the molecule is CC(C)C(=O)N1CC1.Cc1c(C(=O)O)cccc1C(=O)O. The van der Waals surface area contributed by atoms with E-state index in [2.05, 4.69) is 0 Å². The van der Waals surface area contributed by atoms with Gasteiger partial charge in [-0.25, -0.2) is 9.59 Å². The molecule has 1 fully saturated rings. The zero-order valence-electron chi connectivity index (χ0n) is 12.3. The summed E-state index contributed by atoms with van der Waals surface area (Å²) in [5, 5.41) is 17.4. The predicted octanol–water partition coefficient (Wildman–Crippen LogP) is 1.88. The molecule has 0 bridgehead atoms. The van der Waals surface area contributed by atoms with Crippen molar-refractivity contribution in [2.45, 2.75) is 20.8 Å². The lowest BCUT2D eigenvalue weighted by Gasteiger charge is -2.03. The van der Waals surface area contributed by atoms with Crippen LogP contribution >= 0.6 is 0 Å². The van der Waals surface area contributed by atoms with Crippen molar-refractivity contribution < 1.29 is 24.6 Å². The first kappa shape index (κ1) is 16.7. The number of nitrogens with zero attached hydrogens (tertiary/aromatic N) is 1. The van der Waals surface area contributed by atoms with Crippen molar-refractivity contribution in [1.29, 1.82) is 0 Å². The maximum absolute atomic E-state index is 10.8. The molecule has 0 unspecified atom stereocenters. The molecule has 21 heavy (non-hydrogen) atoms. The average molecular weight is 293 g/mol. The van der Waals surface area contributed by atoms with Crippen LogP contribution in [0.5, 0.6) is 0 Å². The number of carboxylic acids is 2. The van der Waals surface area contributed by atoms with Gasteiger partial charge in [-0.2, -0.15) is 0 Å². The number of carbonyl (C=O) groups excluding carboxylic acids is 1. The third kappa shape index (κ3) is 4.59. The summed E-state index contributed by atoms with van der Waals surface area (Å²) >= 11 is 0. The molecule has 1 aliphatic heterocycles. The molecule has 0 saturated carbocycles. The Labute approximate surface area is 123 Å². The molecule has 2 N–H and O–H groups in total. The second kappa shape index (κ2) is 6.88. The van der Waals surface area contributed by atoms with Crippen LogP contribution in [-0.4, -0.2) is 46.0 Å². The smallest absolute Gasteiger partial charge is 0.335 e.